The van der Waals surface area contributed by atoms with Crippen LogP contribution in [0.25, 0.3) is 0 Å². The molecule has 0 fully saturated rings. The first kappa shape index (κ1) is 33.2. The van der Waals surface area contributed by atoms with Crippen molar-refractivity contribution in [3.8, 4) is 0 Å². The van der Waals surface area contributed by atoms with Crippen LogP contribution in [0.5, 0.6) is 0 Å². The van der Waals surface area contributed by atoms with Crippen LogP contribution in [-0.2, 0) is 19.7 Å². The third-order valence-electron chi connectivity index (χ3n) is 4.81. The van der Waals surface area contributed by atoms with Crippen LogP contribution in [0.1, 0.15) is 90.9 Å². The maximum Gasteiger partial charge on any atom is 0.276 e. The molecule has 9 nitrogen and oxygen atoms in total. The quantitative estimate of drug-likeness (QED) is 0.170. The minimum atomic E-state index is -5.17. The molecule has 9 N–H and O–H groups in total. The highest BCUT2D eigenvalue weighted by atomic mass is 32.2. The Morgan fingerprint density at radius 3 is 1.77 bits per heavy atom. The summed E-state index contributed by atoms with van der Waals surface area (Å²) in [6.45, 7) is 4.47. The Morgan fingerprint density at radius 1 is 0.900 bits per heavy atom. The first-order chi connectivity index (χ1) is 13.0. The summed E-state index contributed by atoms with van der Waals surface area (Å²) in [6, 6.07) is 0. The molecule has 1 unspecified atom stereocenters. The molecule has 30 heavy (non-hydrogen) atoms. The number of hydrogen-bond acceptors (Lipinski definition) is 6. The van der Waals surface area contributed by atoms with Gasteiger partial charge in [0, 0.05) is 12.4 Å². The first-order valence-electron chi connectivity index (χ1n) is 10.1. The van der Waals surface area contributed by atoms with Crippen molar-refractivity contribution in [1.82, 2.24) is 12.3 Å². The molecular formula is C20H42N2O7S. The molecule has 180 valence electrons. The van der Waals surface area contributed by atoms with Crippen LogP contribution in [0.15, 0.2) is 12.2 Å². The van der Waals surface area contributed by atoms with E-state index in [4.69, 9.17) is 0 Å². The van der Waals surface area contributed by atoms with E-state index in [0.717, 1.165) is 25.2 Å². The van der Waals surface area contributed by atoms with Crippen molar-refractivity contribution in [1.29, 1.82) is 0 Å². The lowest BCUT2D eigenvalue weighted by Crippen LogP contribution is -2.56. The van der Waals surface area contributed by atoms with E-state index in [1.165, 1.54) is 44.6 Å². The summed E-state index contributed by atoms with van der Waals surface area (Å²) >= 11 is 0. The highest BCUT2D eigenvalue weighted by Gasteiger charge is 2.43. The molecule has 10 heteroatoms. The number of quaternary nitrogens is 2. The Bertz CT molecular complexity index is 606. The molecular weight excluding hydrogens is 412 g/mol. The summed E-state index contributed by atoms with van der Waals surface area (Å²) in [4.78, 5) is 21.9. The zero-order valence-corrected chi connectivity index (χ0v) is 19.8. The van der Waals surface area contributed by atoms with Crippen LogP contribution in [0, 0.1) is 5.92 Å². The molecule has 0 amide bonds. The van der Waals surface area contributed by atoms with Crippen molar-refractivity contribution >= 4 is 22.1 Å². The minimum absolute atomic E-state index is 0. The average Bonchev–Trinajstić information content (AvgIpc) is 2.55. The lowest BCUT2D eigenvalue weighted by molar-refractivity contribution is -0.318. The summed E-state index contributed by atoms with van der Waals surface area (Å²) in [7, 11) is -5.17. The van der Waals surface area contributed by atoms with Gasteiger partial charge in [-0.3, -0.25) is 4.55 Å². The second-order valence-corrected chi connectivity index (χ2v) is 9.51. The number of aliphatic carboxylic acids is 2. The first-order valence-corrected chi connectivity index (χ1v) is 11.5. The van der Waals surface area contributed by atoms with Gasteiger partial charge in [0.1, 0.15) is 4.75 Å². The summed E-state index contributed by atoms with van der Waals surface area (Å²) in [6.07, 6.45) is 11.9. The van der Waals surface area contributed by atoms with Gasteiger partial charge in [-0.1, -0.05) is 77.4 Å². The molecule has 0 rings (SSSR count). The van der Waals surface area contributed by atoms with Crippen LogP contribution in [0.2, 0.25) is 0 Å². The molecule has 0 aliphatic carbocycles. The van der Waals surface area contributed by atoms with Gasteiger partial charge in [-0.25, -0.2) is 0 Å². The number of hydrogen-bond donors (Lipinski definition) is 3. The fourth-order valence-corrected chi connectivity index (χ4v) is 3.85. The number of rotatable bonds is 17. The van der Waals surface area contributed by atoms with Gasteiger partial charge in [-0.2, -0.15) is 8.42 Å². The molecule has 0 radical (unpaired) electrons. The Kier molecular flexibility index (Phi) is 19.0. The van der Waals surface area contributed by atoms with E-state index in [0.29, 0.717) is 6.42 Å². The highest BCUT2D eigenvalue weighted by Crippen LogP contribution is 2.26. The molecule has 0 saturated carbocycles. The van der Waals surface area contributed by atoms with Crippen LogP contribution >= 0.6 is 0 Å². The maximum absolute atomic E-state index is 11.4. The number of carboxylic acids is 2. The zero-order valence-electron chi connectivity index (χ0n) is 19.0. The van der Waals surface area contributed by atoms with Crippen LogP contribution < -0.4 is 22.5 Å². The van der Waals surface area contributed by atoms with Crippen molar-refractivity contribution in [2.75, 3.05) is 0 Å². The molecule has 0 bridgehead atoms. The molecule has 0 saturated heterocycles. The number of carboxylic acid groups (broad SMARTS) is 2. The Hall–Kier alpha value is -1.49. The topological polar surface area (TPSA) is 208 Å². The van der Waals surface area contributed by atoms with Gasteiger partial charge in [-0.15, -0.1) is 0 Å². The molecule has 0 spiro atoms. The molecule has 0 aromatic carbocycles. The molecule has 0 aromatic heterocycles. The average molecular weight is 455 g/mol. The SMILES string of the molecule is CC(C)CCCCCCCCCCC=CCC(CC(=O)[O-])(C(=O)[O-])S(=O)(=O)O.[NH4+].[NH4+]. The van der Waals surface area contributed by atoms with Crippen molar-refractivity contribution in [2.24, 2.45) is 5.92 Å². The minimum Gasteiger partial charge on any atom is -0.550 e. The number of carbonyl (C=O) groups excluding carboxylic acids is 2. The van der Waals surface area contributed by atoms with Crippen molar-refractivity contribution in [3.63, 3.8) is 0 Å². The highest BCUT2D eigenvalue weighted by molar-refractivity contribution is 7.88. The molecule has 0 aliphatic rings. The van der Waals surface area contributed by atoms with Gasteiger partial charge in [0.05, 0.1) is 5.97 Å². The van der Waals surface area contributed by atoms with Crippen LogP contribution in [0.4, 0.5) is 0 Å². The smallest absolute Gasteiger partial charge is 0.276 e. The molecule has 1 atom stereocenters. The fourth-order valence-electron chi connectivity index (χ4n) is 3.03. The lowest BCUT2D eigenvalue weighted by atomic mass is 9.99. The maximum atomic E-state index is 11.4. The van der Waals surface area contributed by atoms with E-state index >= 15 is 0 Å². The van der Waals surface area contributed by atoms with E-state index in [1.807, 2.05) is 0 Å². The monoisotopic (exact) mass is 454 g/mol. The van der Waals surface area contributed by atoms with Crippen molar-refractivity contribution in [3.05, 3.63) is 12.2 Å². The van der Waals surface area contributed by atoms with E-state index in [1.54, 1.807) is 6.08 Å². The van der Waals surface area contributed by atoms with Crippen molar-refractivity contribution < 1.29 is 32.8 Å². The fraction of sp³-hybridized carbons (Fsp3) is 0.800. The van der Waals surface area contributed by atoms with E-state index in [9.17, 15) is 32.8 Å². The van der Waals surface area contributed by atoms with Gasteiger partial charge < -0.3 is 32.1 Å². The van der Waals surface area contributed by atoms with Gasteiger partial charge in [-0.05, 0) is 25.2 Å². The van der Waals surface area contributed by atoms with Gasteiger partial charge in [0.2, 0.25) is 0 Å². The Morgan fingerprint density at radius 2 is 1.37 bits per heavy atom. The molecule has 0 aromatic rings. The normalized spacial score (nSPS) is 13.5. The Balaban J connectivity index is -0.00000364. The predicted molar refractivity (Wildman–Crippen MR) is 116 cm³/mol. The third kappa shape index (κ3) is 13.7. The molecule has 0 aliphatic heterocycles. The van der Waals surface area contributed by atoms with Crippen molar-refractivity contribution in [2.45, 2.75) is 95.6 Å². The largest absolute Gasteiger partial charge is 0.550 e. The lowest BCUT2D eigenvalue weighted by Gasteiger charge is -2.30. The predicted octanol–water partition coefficient (Wildman–Crippen LogP) is 2.76. The summed E-state index contributed by atoms with van der Waals surface area (Å²) in [5, 5.41) is 21.9. The van der Waals surface area contributed by atoms with E-state index in [-0.39, 0.29) is 12.3 Å². The second-order valence-electron chi connectivity index (χ2n) is 7.78. The summed E-state index contributed by atoms with van der Waals surface area (Å²) in [5.41, 5.74) is 0. The number of allylic oxidation sites excluding steroid dienone is 2. The standard InChI is InChI=1S/C20H36O7S.2H3N/c1-17(2)14-12-10-8-6-4-3-5-7-9-11-13-15-20(19(23)24,16-18(21)22)28(25,26)27;;/h11,13,17H,3-10,12,14-16H2,1-2H3,(H,21,22)(H,23,24)(H,25,26,27);2*1H3. The van der Waals surface area contributed by atoms with Crippen LogP contribution in [0.3, 0.4) is 0 Å². The van der Waals surface area contributed by atoms with Crippen LogP contribution in [-0.4, -0.2) is 29.7 Å². The number of unbranched alkanes of at least 4 members (excludes halogenated alkanes) is 8. The van der Waals surface area contributed by atoms with E-state index in [2.05, 4.69) is 13.8 Å². The second kappa shape index (κ2) is 17.2. The third-order valence-corrected chi connectivity index (χ3v) is 6.28. The summed E-state index contributed by atoms with van der Waals surface area (Å²) < 4.78 is 29.1. The zero-order chi connectivity index (χ0) is 21.6. The van der Waals surface area contributed by atoms with Gasteiger partial charge in [0.15, 0.2) is 0 Å². The summed E-state index contributed by atoms with van der Waals surface area (Å²) in [5.74, 6) is -3.28. The Labute approximate surface area is 181 Å². The van der Waals surface area contributed by atoms with Gasteiger partial charge in [0.25, 0.3) is 10.1 Å². The number of carbonyl (C=O) groups is 2. The molecule has 0 heterocycles. The van der Waals surface area contributed by atoms with E-state index < -0.39 is 39.6 Å². The van der Waals surface area contributed by atoms with Gasteiger partial charge >= 0.3 is 0 Å².